The Labute approximate surface area is 102 Å². The largest absolute Gasteiger partial charge is 0.385 e. The molecule has 0 saturated carbocycles. The lowest BCUT2D eigenvalue weighted by Crippen LogP contribution is -2.46. The third kappa shape index (κ3) is 3.98. The summed E-state index contributed by atoms with van der Waals surface area (Å²) < 4.78 is 4.89. The first-order valence-electron chi connectivity index (χ1n) is 5.83. The van der Waals surface area contributed by atoms with Crippen molar-refractivity contribution >= 4 is 11.8 Å². The standard InChI is InChI=1S/C11H21N3O3/c1-13-5-3-6-14(8-10(13)15)11(16)9(12)4-7-17-2/h9H,3-8,12H2,1-2H3. The van der Waals surface area contributed by atoms with Crippen LogP contribution in [0.2, 0.25) is 0 Å². The van der Waals surface area contributed by atoms with Gasteiger partial charge in [0, 0.05) is 33.9 Å². The van der Waals surface area contributed by atoms with Crippen LogP contribution in [0.5, 0.6) is 0 Å². The first-order chi connectivity index (χ1) is 8.06. The molecule has 0 aromatic rings. The van der Waals surface area contributed by atoms with Crippen molar-refractivity contribution in [3.63, 3.8) is 0 Å². The summed E-state index contributed by atoms with van der Waals surface area (Å²) in [5.41, 5.74) is 5.77. The second kappa shape index (κ2) is 6.56. The summed E-state index contributed by atoms with van der Waals surface area (Å²) in [5.74, 6) is -0.194. The number of carbonyl (C=O) groups is 2. The van der Waals surface area contributed by atoms with E-state index in [0.717, 1.165) is 6.42 Å². The number of hydrogen-bond donors (Lipinski definition) is 1. The molecule has 1 aliphatic heterocycles. The molecule has 0 bridgehead atoms. The highest BCUT2D eigenvalue weighted by Gasteiger charge is 2.26. The summed E-state index contributed by atoms with van der Waals surface area (Å²) >= 11 is 0. The van der Waals surface area contributed by atoms with Crippen LogP contribution >= 0.6 is 0 Å². The van der Waals surface area contributed by atoms with Crippen LogP contribution in [-0.4, -0.2) is 68.1 Å². The normalized spacial score (nSPS) is 19.1. The molecule has 2 N–H and O–H groups in total. The van der Waals surface area contributed by atoms with Crippen LogP contribution in [0.25, 0.3) is 0 Å². The molecule has 0 aromatic carbocycles. The summed E-state index contributed by atoms with van der Waals surface area (Å²) in [4.78, 5) is 26.8. The maximum Gasteiger partial charge on any atom is 0.241 e. The zero-order valence-electron chi connectivity index (χ0n) is 10.5. The molecule has 6 heteroatoms. The van der Waals surface area contributed by atoms with Gasteiger partial charge in [0.15, 0.2) is 0 Å². The zero-order valence-corrected chi connectivity index (χ0v) is 10.5. The third-order valence-electron chi connectivity index (χ3n) is 2.94. The molecule has 1 fully saturated rings. The summed E-state index contributed by atoms with van der Waals surface area (Å²) in [6, 6.07) is -0.578. The molecule has 0 aromatic heterocycles. The number of amides is 2. The van der Waals surface area contributed by atoms with Crippen LogP contribution in [-0.2, 0) is 14.3 Å². The van der Waals surface area contributed by atoms with Gasteiger partial charge in [-0.3, -0.25) is 9.59 Å². The Morgan fingerprint density at radius 3 is 2.88 bits per heavy atom. The van der Waals surface area contributed by atoms with Gasteiger partial charge in [0.25, 0.3) is 0 Å². The van der Waals surface area contributed by atoms with Crippen molar-refractivity contribution in [2.45, 2.75) is 18.9 Å². The molecule has 0 aliphatic carbocycles. The van der Waals surface area contributed by atoms with E-state index in [4.69, 9.17) is 10.5 Å². The van der Waals surface area contributed by atoms with Crippen molar-refractivity contribution in [1.82, 2.24) is 9.80 Å². The van der Waals surface area contributed by atoms with E-state index in [1.807, 2.05) is 0 Å². The van der Waals surface area contributed by atoms with E-state index in [1.54, 1.807) is 24.0 Å². The van der Waals surface area contributed by atoms with Crippen molar-refractivity contribution in [3.05, 3.63) is 0 Å². The van der Waals surface area contributed by atoms with Crippen LogP contribution < -0.4 is 5.73 Å². The Hall–Kier alpha value is -1.14. The van der Waals surface area contributed by atoms with Crippen molar-refractivity contribution in [1.29, 1.82) is 0 Å². The molecule has 1 aliphatic rings. The van der Waals surface area contributed by atoms with Crippen LogP contribution in [0.4, 0.5) is 0 Å². The molecular formula is C11H21N3O3. The number of methoxy groups -OCH3 is 1. The summed E-state index contributed by atoms with van der Waals surface area (Å²) in [5, 5.41) is 0. The molecule has 1 atom stereocenters. The fraction of sp³-hybridized carbons (Fsp3) is 0.818. The molecular weight excluding hydrogens is 222 g/mol. The first-order valence-corrected chi connectivity index (χ1v) is 5.83. The van der Waals surface area contributed by atoms with Gasteiger partial charge < -0.3 is 20.3 Å². The second-order valence-electron chi connectivity index (χ2n) is 4.32. The Morgan fingerprint density at radius 1 is 1.53 bits per heavy atom. The van der Waals surface area contributed by atoms with Gasteiger partial charge in [-0.15, -0.1) is 0 Å². The van der Waals surface area contributed by atoms with Gasteiger partial charge in [-0.1, -0.05) is 0 Å². The Bertz CT molecular complexity index is 283. The smallest absolute Gasteiger partial charge is 0.241 e. The minimum absolute atomic E-state index is 0.0326. The Balaban J connectivity index is 2.53. The van der Waals surface area contributed by atoms with Gasteiger partial charge in [0.05, 0.1) is 12.6 Å². The van der Waals surface area contributed by atoms with Crippen molar-refractivity contribution in [2.75, 3.05) is 40.4 Å². The minimum atomic E-state index is -0.578. The lowest BCUT2D eigenvalue weighted by molar-refractivity contribution is -0.139. The lowest BCUT2D eigenvalue weighted by Gasteiger charge is -2.23. The minimum Gasteiger partial charge on any atom is -0.385 e. The third-order valence-corrected chi connectivity index (χ3v) is 2.94. The molecule has 0 spiro atoms. The predicted octanol–water partition coefficient (Wildman–Crippen LogP) is -0.959. The number of nitrogens with two attached hydrogens (primary N) is 1. The average molecular weight is 243 g/mol. The molecule has 1 unspecified atom stereocenters. The number of ether oxygens (including phenoxy) is 1. The SMILES string of the molecule is COCCC(N)C(=O)N1CCCN(C)C(=O)C1. The van der Waals surface area contributed by atoms with E-state index in [-0.39, 0.29) is 18.4 Å². The van der Waals surface area contributed by atoms with Crippen molar-refractivity contribution in [2.24, 2.45) is 5.73 Å². The van der Waals surface area contributed by atoms with Gasteiger partial charge in [0.2, 0.25) is 11.8 Å². The van der Waals surface area contributed by atoms with Crippen molar-refractivity contribution < 1.29 is 14.3 Å². The molecule has 1 heterocycles. The van der Waals surface area contributed by atoms with Gasteiger partial charge >= 0.3 is 0 Å². The van der Waals surface area contributed by atoms with E-state index in [9.17, 15) is 9.59 Å². The fourth-order valence-electron chi connectivity index (χ4n) is 1.78. The number of carbonyl (C=O) groups excluding carboxylic acids is 2. The Morgan fingerprint density at radius 2 is 2.24 bits per heavy atom. The maximum atomic E-state index is 12.0. The molecule has 98 valence electrons. The average Bonchev–Trinajstić information content (AvgIpc) is 2.48. The number of nitrogens with zero attached hydrogens (tertiary/aromatic N) is 2. The topological polar surface area (TPSA) is 75.9 Å². The summed E-state index contributed by atoms with van der Waals surface area (Å²) in [6.45, 7) is 1.87. The lowest BCUT2D eigenvalue weighted by atomic mass is 10.2. The summed E-state index contributed by atoms with van der Waals surface area (Å²) in [6.07, 6.45) is 1.28. The van der Waals surface area contributed by atoms with E-state index < -0.39 is 6.04 Å². The van der Waals surface area contributed by atoms with E-state index in [1.165, 1.54) is 0 Å². The molecule has 1 saturated heterocycles. The fourth-order valence-corrected chi connectivity index (χ4v) is 1.78. The maximum absolute atomic E-state index is 12.0. The monoisotopic (exact) mass is 243 g/mol. The molecule has 2 amide bonds. The van der Waals surface area contributed by atoms with Crippen molar-refractivity contribution in [3.8, 4) is 0 Å². The zero-order chi connectivity index (χ0) is 12.8. The van der Waals surface area contributed by atoms with Gasteiger partial charge in [-0.25, -0.2) is 0 Å². The van der Waals surface area contributed by atoms with E-state index in [0.29, 0.717) is 26.1 Å². The highest BCUT2D eigenvalue weighted by molar-refractivity contribution is 5.87. The second-order valence-corrected chi connectivity index (χ2v) is 4.32. The number of hydrogen-bond acceptors (Lipinski definition) is 4. The predicted molar refractivity (Wildman–Crippen MR) is 63.3 cm³/mol. The molecule has 6 nitrogen and oxygen atoms in total. The Kier molecular flexibility index (Phi) is 5.37. The molecule has 17 heavy (non-hydrogen) atoms. The molecule has 1 rings (SSSR count). The molecule has 0 radical (unpaired) electrons. The van der Waals surface area contributed by atoms with Crippen LogP contribution in [0, 0.1) is 0 Å². The van der Waals surface area contributed by atoms with Gasteiger partial charge in [-0.05, 0) is 12.8 Å². The van der Waals surface area contributed by atoms with E-state index in [2.05, 4.69) is 0 Å². The van der Waals surface area contributed by atoms with E-state index >= 15 is 0 Å². The van der Waals surface area contributed by atoms with Crippen LogP contribution in [0.1, 0.15) is 12.8 Å². The van der Waals surface area contributed by atoms with Crippen LogP contribution in [0.3, 0.4) is 0 Å². The first kappa shape index (κ1) is 13.9. The van der Waals surface area contributed by atoms with Crippen LogP contribution in [0.15, 0.2) is 0 Å². The van der Waals surface area contributed by atoms with Gasteiger partial charge in [0.1, 0.15) is 0 Å². The highest BCUT2D eigenvalue weighted by Crippen LogP contribution is 2.05. The number of rotatable bonds is 4. The highest BCUT2D eigenvalue weighted by atomic mass is 16.5. The quantitative estimate of drug-likeness (QED) is 0.690. The van der Waals surface area contributed by atoms with Gasteiger partial charge in [-0.2, -0.15) is 0 Å². The number of likely N-dealkylation sites (N-methyl/N-ethyl adjacent to an activating group) is 1. The summed E-state index contributed by atoms with van der Waals surface area (Å²) in [7, 11) is 3.32.